The maximum atomic E-state index is 12.4. The summed E-state index contributed by atoms with van der Waals surface area (Å²) in [5.74, 6) is -0.115. The Labute approximate surface area is 124 Å². The number of carbonyl (C=O) groups is 2. The lowest BCUT2D eigenvalue weighted by molar-refractivity contribution is -0.146. The zero-order valence-electron chi connectivity index (χ0n) is 11.7. The summed E-state index contributed by atoms with van der Waals surface area (Å²) in [6.45, 7) is 4.02. The van der Waals surface area contributed by atoms with Crippen molar-refractivity contribution < 1.29 is 9.59 Å². The lowest BCUT2D eigenvalue weighted by Crippen LogP contribution is -2.58. The summed E-state index contributed by atoms with van der Waals surface area (Å²) in [7, 11) is 0. The Kier molecular flexibility index (Phi) is 4.65. The van der Waals surface area contributed by atoms with Gasteiger partial charge in [-0.15, -0.1) is 0 Å². The van der Waals surface area contributed by atoms with Gasteiger partial charge in [0.25, 0.3) is 0 Å². The molecular weight excluding hydrogens is 276 g/mol. The molecule has 1 aliphatic rings. The molecule has 2 atom stereocenters. The average molecular weight is 295 g/mol. The van der Waals surface area contributed by atoms with E-state index in [-0.39, 0.29) is 24.4 Å². The number of halogens is 1. The number of benzene rings is 1. The Bertz CT molecular complexity index is 518. The van der Waals surface area contributed by atoms with E-state index < -0.39 is 6.04 Å². The second-order valence-corrected chi connectivity index (χ2v) is 5.54. The lowest BCUT2D eigenvalue weighted by Gasteiger charge is -2.36. The van der Waals surface area contributed by atoms with E-state index in [9.17, 15) is 9.59 Å². The molecule has 4 nitrogen and oxygen atoms in total. The van der Waals surface area contributed by atoms with Gasteiger partial charge in [0.1, 0.15) is 12.6 Å². The van der Waals surface area contributed by atoms with E-state index in [1.807, 2.05) is 32.0 Å². The molecule has 1 aliphatic heterocycles. The molecule has 0 aromatic heterocycles. The van der Waals surface area contributed by atoms with Gasteiger partial charge in [0, 0.05) is 5.02 Å². The average Bonchev–Trinajstić information content (AvgIpc) is 2.42. The van der Waals surface area contributed by atoms with Crippen LogP contribution in [0.1, 0.15) is 38.3 Å². The number of hydrogen-bond acceptors (Lipinski definition) is 2. The summed E-state index contributed by atoms with van der Waals surface area (Å²) < 4.78 is 0. The van der Waals surface area contributed by atoms with Gasteiger partial charge in [-0.25, -0.2) is 0 Å². The van der Waals surface area contributed by atoms with Crippen LogP contribution in [0.3, 0.4) is 0 Å². The molecule has 1 saturated heterocycles. The maximum Gasteiger partial charge on any atom is 0.246 e. The van der Waals surface area contributed by atoms with E-state index in [1.54, 1.807) is 11.0 Å². The van der Waals surface area contributed by atoms with E-state index in [0.29, 0.717) is 11.4 Å². The summed E-state index contributed by atoms with van der Waals surface area (Å²) >= 11 is 5.99. The topological polar surface area (TPSA) is 49.4 Å². The fourth-order valence-electron chi connectivity index (χ4n) is 2.49. The molecule has 0 saturated carbocycles. The maximum absolute atomic E-state index is 12.4. The first-order chi connectivity index (χ1) is 9.52. The van der Waals surface area contributed by atoms with Crippen LogP contribution in [0.5, 0.6) is 0 Å². The molecule has 108 valence electrons. The highest BCUT2D eigenvalue weighted by atomic mass is 35.5. The number of nitrogens with zero attached hydrogens (tertiary/aromatic N) is 1. The third-order valence-corrected chi connectivity index (χ3v) is 3.84. The van der Waals surface area contributed by atoms with Crippen LogP contribution in [-0.4, -0.2) is 29.3 Å². The summed E-state index contributed by atoms with van der Waals surface area (Å²) in [4.78, 5) is 25.8. The Morgan fingerprint density at radius 2 is 2.20 bits per heavy atom. The van der Waals surface area contributed by atoms with Gasteiger partial charge in [-0.3, -0.25) is 9.59 Å². The van der Waals surface area contributed by atoms with Gasteiger partial charge in [-0.05, 0) is 31.0 Å². The zero-order valence-corrected chi connectivity index (χ0v) is 12.5. The number of amides is 2. The number of nitrogens with one attached hydrogen (secondary N) is 1. The monoisotopic (exact) mass is 294 g/mol. The molecule has 1 fully saturated rings. The molecule has 2 unspecified atom stereocenters. The quantitative estimate of drug-likeness (QED) is 0.928. The van der Waals surface area contributed by atoms with Gasteiger partial charge < -0.3 is 10.2 Å². The normalized spacial score (nSPS) is 20.8. The molecule has 5 heteroatoms. The van der Waals surface area contributed by atoms with Crippen LogP contribution < -0.4 is 5.32 Å². The predicted molar refractivity (Wildman–Crippen MR) is 78.4 cm³/mol. The number of hydrogen-bond donors (Lipinski definition) is 1. The van der Waals surface area contributed by atoms with Crippen LogP contribution in [0.25, 0.3) is 0 Å². The van der Waals surface area contributed by atoms with Crippen LogP contribution in [0.2, 0.25) is 5.02 Å². The Morgan fingerprint density at radius 1 is 1.45 bits per heavy atom. The van der Waals surface area contributed by atoms with Gasteiger partial charge in [-0.1, -0.05) is 37.1 Å². The highest BCUT2D eigenvalue weighted by Gasteiger charge is 2.34. The van der Waals surface area contributed by atoms with Crippen LogP contribution in [0.4, 0.5) is 0 Å². The first-order valence-corrected chi connectivity index (χ1v) is 7.26. The molecule has 1 heterocycles. The van der Waals surface area contributed by atoms with Crippen molar-refractivity contribution in [2.45, 2.75) is 38.8 Å². The van der Waals surface area contributed by atoms with Crippen LogP contribution in [0.15, 0.2) is 24.3 Å². The van der Waals surface area contributed by atoms with Gasteiger partial charge in [0.05, 0.1) is 6.04 Å². The minimum atomic E-state index is -0.400. The van der Waals surface area contributed by atoms with Crippen molar-refractivity contribution in [3.05, 3.63) is 34.9 Å². The van der Waals surface area contributed by atoms with Crippen molar-refractivity contribution >= 4 is 23.4 Å². The van der Waals surface area contributed by atoms with Crippen molar-refractivity contribution in [2.75, 3.05) is 6.54 Å². The fraction of sp³-hybridized carbons (Fsp3) is 0.467. The summed E-state index contributed by atoms with van der Waals surface area (Å²) in [5.41, 5.74) is 0.941. The number of carbonyl (C=O) groups excluding carboxylic acids is 2. The van der Waals surface area contributed by atoms with E-state index in [1.165, 1.54) is 0 Å². The minimum Gasteiger partial charge on any atom is -0.343 e. The molecule has 2 rings (SSSR count). The van der Waals surface area contributed by atoms with Crippen LogP contribution in [0, 0.1) is 0 Å². The molecule has 20 heavy (non-hydrogen) atoms. The molecule has 2 amide bonds. The minimum absolute atomic E-state index is 0.0149. The zero-order chi connectivity index (χ0) is 14.7. The van der Waals surface area contributed by atoms with E-state index in [0.717, 1.165) is 12.0 Å². The van der Waals surface area contributed by atoms with Crippen molar-refractivity contribution in [2.24, 2.45) is 0 Å². The molecular formula is C15H19ClN2O2. The largest absolute Gasteiger partial charge is 0.343 e. The third kappa shape index (κ3) is 3.12. The van der Waals surface area contributed by atoms with Crippen molar-refractivity contribution in [3.8, 4) is 0 Å². The molecule has 0 bridgehead atoms. The van der Waals surface area contributed by atoms with E-state index in [4.69, 9.17) is 11.6 Å². The Morgan fingerprint density at radius 3 is 2.85 bits per heavy atom. The van der Waals surface area contributed by atoms with Gasteiger partial charge in [0.2, 0.25) is 11.8 Å². The Balaban J connectivity index is 2.21. The van der Waals surface area contributed by atoms with Crippen molar-refractivity contribution in [1.82, 2.24) is 10.2 Å². The fourth-order valence-corrected chi connectivity index (χ4v) is 2.69. The summed E-state index contributed by atoms with van der Waals surface area (Å²) in [6, 6.07) is 6.84. The highest BCUT2D eigenvalue weighted by molar-refractivity contribution is 6.30. The van der Waals surface area contributed by atoms with Gasteiger partial charge in [-0.2, -0.15) is 0 Å². The first kappa shape index (κ1) is 14.9. The standard InChI is InChI=1S/C15H19ClN2O2/c1-3-5-13-15(20)18(9-14(19)17-13)10(2)11-6-4-7-12(16)8-11/h4,6-8,10,13H,3,5,9H2,1-2H3,(H,17,19). The second kappa shape index (κ2) is 6.27. The smallest absolute Gasteiger partial charge is 0.246 e. The molecule has 1 N–H and O–H groups in total. The molecule has 0 radical (unpaired) electrons. The predicted octanol–water partition coefficient (Wildman–Crippen LogP) is 2.53. The number of rotatable bonds is 4. The summed E-state index contributed by atoms with van der Waals surface area (Å²) in [6.07, 6.45) is 1.53. The second-order valence-electron chi connectivity index (χ2n) is 5.11. The van der Waals surface area contributed by atoms with Gasteiger partial charge >= 0.3 is 0 Å². The van der Waals surface area contributed by atoms with Crippen LogP contribution >= 0.6 is 11.6 Å². The van der Waals surface area contributed by atoms with E-state index in [2.05, 4.69) is 5.32 Å². The third-order valence-electron chi connectivity index (χ3n) is 3.61. The summed E-state index contributed by atoms with van der Waals surface area (Å²) in [5, 5.41) is 3.39. The van der Waals surface area contributed by atoms with E-state index >= 15 is 0 Å². The first-order valence-electron chi connectivity index (χ1n) is 6.88. The molecule has 0 spiro atoms. The van der Waals surface area contributed by atoms with Crippen LogP contribution in [-0.2, 0) is 9.59 Å². The molecule has 1 aromatic rings. The van der Waals surface area contributed by atoms with Crippen molar-refractivity contribution in [1.29, 1.82) is 0 Å². The number of piperazine rings is 1. The SMILES string of the molecule is CCCC1NC(=O)CN(C(C)c2cccc(Cl)c2)C1=O. The molecule has 1 aromatic carbocycles. The lowest BCUT2D eigenvalue weighted by atomic mass is 10.0. The Hall–Kier alpha value is -1.55. The highest BCUT2D eigenvalue weighted by Crippen LogP contribution is 2.25. The molecule has 0 aliphatic carbocycles. The van der Waals surface area contributed by atoms with Crippen molar-refractivity contribution in [3.63, 3.8) is 0 Å². The van der Waals surface area contributed by atoms with Gasteiger partial charge in [0.15, 0.2) is 0 Å².